The van der Waals surface area contributed by atoms with Crippen molar-refractivity contribution in [2.45, 2.75) is 0 Å². The average molecular weight is 446 g/mol. The van der Waals surface area contributed by atoms with E-state index in [1.54, 1.807) is 59.8 Å². The van der Waals surface area contributed by atoms with Crippen molar-refractivity contribution in [3.05, 3.63) is 88.6 Å². The summed E-state index contributed by atoms with van der Waals surface area (Å²) in [5.41, 5.74) is 2.13. The molecule has 0 saturated heterocycles. The fourth-order valence-corrected chi connectivity index (χ4v) is 2.80. The number of benzene rings is 2. The van der Waals surface area contributed by atoms with Crippen LogP contribution < -0.4 is 10.2 Å². The summed E-state index contributed by atoms with van der Waals surface area (Å²) in [4.78, 5) is 31.4. The van der Waals surface area contributed by atoms with E-state index in [1.165, 1.54) is 18.3 Å². The van der Waals surface area contributed by atoms with E-state index >= 15 is 0 Å². The van der Waals surface area contributed by atoms with Crippen molar-refractivity contribution in [2.24, 2.45) is 5.10 Å². The minimum Gasteiger partial charge on any atom is -0.307 e. The van der Waals surface area contributed by atoms with Crippen LogP contribution in [-0.2, 0) is 0 Å². The second-order valence-corrected chi connectivity index (χ2v) is 7.28. The second kappa shape index (κ2) is 10.2. The van der Waals surface area contributed by atoms with Crippen molar-refractivity contribution >= 4 is 41.3 Å². The van der Waals surface area contributed by atoms with Crippen LogP contribution in [0.1, 0.15) is 21.5 Å². The molecule has 1 N–H and O–H groups in total. The first-order valence-corrected chi connectivity index (χ1v) is 9.90. The molecule has 32 heavy (non-hydrogen) atoms. The number of urea groups is 1. The lowest BCUT2D eigenvalue weighted by molar-refractivity contribution is 0.0995. The van der Waals surface area contributed by atoms with Gasteiger partial charge in [0.05, 0.1) is 11.2 Å². The Hall–Kier alpha value is -4.15. The third-order valence-electron chi connectivity index (χ3n) is 4.22. The molecule has 0 fully saturated rings. The van der Waals surface area contributed by atoms with Gasteiger partial charge in [0.1, 0.15) is 5.82 Å². The highest BCUT2D eigenvalue weighted by Crippen LogP contribution is 2.20. The summed E-state index contributed by atoms with van der Waals surface area (Å²) in [6.07, 6.45) is 8.50. The van der Waals surface area contributed by atoms with Crippen LogP contribution >= 0.6 is 11.6 Å². The van der Waals surface area contributed by atoms with Crippen LogP contribution in [0.4, 0.5) is 16.3 Å². The largest absolute Gasteiger partial charge is 0.334 e. The van der Waals surface area contributed by atoms with Gasteiger partial charge >= 0.3 is 6.03 Å². The number of nitrogens with zero attached hydrogens (tertiary/aromatic N) is 4. The maximum absolute atomic E-state index is 13.2. The molecular formula is C24H20ClN5O2. The van der Waals surface area contributed by atoms with E-state index in [0.717, 1.165) is 10.5 Å². The quantitative estimate of drug-likeness (QED) is 0.356. The number of hydrogen-bond acceptors (Lipinski definition) is 5. The van der Waals surface area contributed by atoms with Gasteiger partial charge in [-0.05, 0) is 48.0 Å². The lowest BCUT2D eigenvalue weighted by atomic mass is 10.1. The summed E-state index contributed by atoms with van der Waals surface area (Å²) >= 11 is 5.92. The molecule has 0 unspecified atom stereocenters. The predicted octanol–water partition coefficient (Wildman–Crippen LogP) is 4.49. The van der Waals surface area contributed by atoms with Gasteiger partial charge < -0.3 is 10.3 Å². The maximum atomic E-state index is 13.2. The molecule has 0 atom stereocenters. The Morgan fingerprint density at radius 1 is 1.12 bits per heavy atom. The van der Waals surface area contributed by atoms with Crippen molar-refractivity contribution in [1.82, 2.24) is 9.99 Å². The molecule has 0 saturated carbocycles. The molecular weight excluding hydrogens is 426 g/mol. The summed E-state index contributed by atoms with van der Waals surface area (Å²) < 4.78 is 0. The van der Waals surface area contributed by atoms with E-state index in [9.17, 15) is 9.59 Å². The summed E-state index contributed by atoms with van der Waals surface area (Å²) in [6, 6.07) is 15.9. The minimum atomic E-state index is -0.675. The number of carbonyl (C=O) groups excluding carboxylic acids is 2. The van der Waals surface area contributed by atoms with Gasteiger partial charge in [-0.3, -0.25) is 4.79 Å². The zero-order valence-electron chi connectivity index (χ0n) is 17.5. The zero-order chi connectivity index (χ0) is 23.1. The summed E-state index contributed by atoms with van der Waals surface area (Å²) in [6.45, 7) is 0. The number of anilines is 2. The smallest absolute Gasteiger partial charge is 0.307 e. The molecule has 3 amide bonds. The summed E-state index contributed by atoms with van der Waals surface area (Å²) in [5, 5.41) is 8.95. The second-order valence-electron chi connectivity index (χ2n) is 6.84. The SMILES string of the molecule is C#Cc1cccc(C(=O)N(C(=O)Nc2ccc(C=NN(C)C)cc2)c2ccc(Cl)cn2)c1. The van der Waals surface area contributed by atoms with Gasteiger partial charge in [-0.15, -0.1) is 6.42 Å². The van der Waals surface area contributed by atoms with Crippen molar-refractivity contribution in [1.29, 1.82) is 0 Å². The zero-order valence-corrected chi connectivity index (χ0v) is 18.2. The highest BCUT2D eigenvalue weighted by atomic mass is 35.5. The lowest BCUT2D eigenvalue weighted by Gasteiger charge is -2.21. The molecule has 0 aliphatic rings. The molecule has 160 valence electrons. The number of aromatic nitrogens is 1. The van der Waals surface area contributed by atoms with Crippen LogP contribution in [0.25, 0.3) is 0 Å². The number of imide groups is 1. The van der Waals surface area contributed by atoms with Gasteiger partial charge in [-0.2, -0.15) is 5.10 Å². The van der Waals surface area contributed by atoms with E-state index in [0.29, 0.717) is 16.3 Å². The van der Waals surface area contributed by atoms with Crippen LogP contribution in [-0.4, -0.2) is 42.2 Å². The molecule has 7 nitrogen and oxygen atoms in total. The number of hydrazone groups is 1. The Bertz CT molecular complexity index is 1180. The molecule has 1 aromatic heterocycles. The summed E-state index contributed by atoms with van der Waals surface area (Å²) in [7, 11) is 3.64. The van der Waals surface area contributed by atoms with Gasteiger partial charge in [-0.1, -0.05) is 35.7 Å². The van der Waals surface area contributed by atoms with Crippen LogP contribution in [0, 0.1) is 12.3 Å². The first-order valence-electron chi connectivity index (χ1n) is 9.52. The number of amides is 3. The Balaban J connectivity index is 1.89. The molecule has 0 spiro atoms. The van der Waals surface area contributed by atoms with Gasteiger partial charge in [0, 0.05) is 37.1 Å². The molecule has 1 heterocycles. The Morgan fingerprint density at radius 3 is 2.50 bits per heavy atom. The van der Waals surface area contributed by atoms with Crippen molar-refractivity contribution in [2.75, 3.05) is 24.3 Å². The molecule has 0 aliphatic heterocycles. The van der Waals surface area contributed by atoms with E-state index in [-0.39, 0.29) is 11.4 Å². The van der Waals surface area contributed by atoms with Crippen LogP contribution in [0.5, 0.6) is 0 Å². The summed E-state index contributed by atoms with van der Waals surface area (Å²) in [5.74, 6) is 2.03. The number of rotatable bonds is 5. The minimum absolute atomic E-state index is 0.123. The van der Waals surface area contributed by atoms with Gasteiger partial charge in [0.2, 0.25) is 0 Å². The maximum Gasteiger partial charge on any atom is 0.334 e. The van der Waals surface area contributed by atoms with E-state index < -0.39 is 11.9 Å². The molecule has 2 aromatic carbocycles. The van der Waals surface area contributed by atoms with E-state index in [1.807, 2.05) is 14.1 Å². The Kier molecular flexibility index (Phi) is 7.21. The number of hydrogen-bond donors (Lipinski definition) is 1. The molecule has 8 heteroatoms. The fraction of sp³-hybridized carbons (Fsp3) is 0.0833. The molecule has 0 radical (unpaired) electrons. The van der Waals surface area contributed by atoms with Crippen molar-refractivity contribution in [3.63, 3.8) is 0 Å². The Morgan fingerprint density at radius 2 is 1.88 bits per heavy atom. The molecule has 0 aliphatic carbocycles. The van der Waals surface area contributed by atoms with E-state index in [2.05, 4.69) is 21.3 Å². The Labute approximate surface area is 191 Å². The van der Waals surface area contributed by atoms with Crippen LogP contribution in [0.15, 0.2) is 72.0 Å². The third kappa shape index (κ3) is 5.72. The standard InChI is InChI=1S/C24H20ClN5O2/c1-4-17-6-5-7-19(14-17)23(31)30(22-13-10-20(25)16-26-22)24(32)28-21-11-8-18(9-12-21)15-27-29(2)3/h1,5-16H,2-3H3,(H,28,32). The van der Waals surface area contributed by atoms with Crippen molar-refractivity contribution in [3.8, 4) is 12.3 Å². The van der Waals surface area contributed by atoms with Crippen LogP contribution in [0.2, 0.25) is 5.02 Å². The number of carbonyl (C=O) groups is 2. The van der Waals surface area contributed by atoms with Gasteiger partial charge in [0.15, 0.2) is 0 Å². The number of halogens is 1. The normalized spacial score (nSPS) is 10.4. The van der Waals surface area contributed by atoms with Crippen LogP contribution in [0.3, 0.4) is 0 Å². The van der Waals surface area contributed by atoms with Crippen molar-refractivity contribution < 1.29 is 9.59 Å². The molecule has 0 bridgehead atoms. The highest BCUT2D eigenvalue weighted by molar-refractivity contribution is 6.30. The lowest BCUT2D eigenvalue weighted by Crippen LogP contribution is -2.40. The number of pyridine rings is 1. The number of terminal acetylenes is 1. The van der Waals surface area contributed by atoms with Gasteiger partial charge in [-0.25, -0.2) is 14.7 Å². The fourth-order valence-electron chi connectivity index (χ4n) is 2.69. The number of nitrogens with one attached hydrogen (secondary N) is 1. The molecule has 3 rings (SSSR count). The average Bonchev–Trinajstić information content (AvgIpc) is 2.80. The monoisotopic (exact) mass is 445 g/mol. The first kappa shape index (κ1) is 22.5. The first-order chi connectivity index (χ1) is 15.4. The topological polar surface area (TPSA) is 77.9 Å². The predicted molar refractivity (Wildman–Crippen MR) is 127 cm³/mol. The van der Waals surface area contributed by atoms with Gasteiger partial charge in [0.25, 0.3) is 5.91 Å². The third-order valence-corrected chi connectivity index (χ3v) is 4.45. The van der Waals surface area contributed by atoms with E-state index in [4.69, 9.17) is 18.0 Å². The molecule has 3 aromatic rings. The highest BCUT2D eigenvalue weighted by Gasteiger charge is 2.26.